The van der Waals surface area contributed by atoms with Crippen LogP contribution in [0.25, 0.3) is 17.4 Å². The van der Waals surface area contributed by atoms with Crippen LogP contribution in [0.15, 0.2) is 53.1 Å². The first kappa shape index (κ1) is 17.3. The summed E-state index contributed by atoms with van der Waals surface area (Å²) in [6.45, 7) is 4.46. The average molecular weight is 351 g/mol. The van der Waals surface area contributed by atoms with Crippen LogP contribution in [0.4, 0.5) is 5.69 Å². The monoisotopic (exact) mass is 351 g/mol. The van der Waals surface area contributed by atoms with Crippen molar-refractivity contribution in [2.75, 3.05) is 0 Å². The Morgan fingerprint density at radius 2 is 2.00 bits per heavy atom. The summed E-state index contributed by atoms with van der Waals surface area (Å²) >= 11 is 0. The summed E-state index contributed by atoms with van der Waals surface area (Å²) in [6.07, 6.45) is 4.77. The van der Waals surface area contributed by atoms with E-state index in [1.54, 1.807) is 48.1 Å². The Kier molecular flexibility index (Phi) is 4.79. The summed E-state index contributed by atoms with van der Waals surface area (Å²) in [5.74, 6) is 0.949. The first-order chi connectivity index (χ1) is 12.5. The first-order valence-electron chi connectivity index (χ1n) is 8.09. The zero-order valence-electron chi connectivity index (χ0n) is 14.4. The molecule has 0 fully saturated rings. The van der Waals surface area contributed by atoms with Crippen molar-refractivity contribution in [2.24, 2.45) is 0 Å². The lowest BCUT2D eigenvalue weighted by atomic mass is 10.1. The molecule has 132 valence electrons. The van der Waals surface area contributed by atoms with Gasteiger partial charge in [-0.3, -0.25) is 19.6 Å². The number of benzene rings is 1. The standard InChI is InChI=1S/C19H17N3O4/c1-3-21-12-17(13(2)20-21)18(23)10-8-16-9-11-19(26-16)14-4-6-15(7-5-14)22(24)25/h4-12H,3H2,1-2H3/b10-8+. The summed E-state index contributed by atoms with van der Waals surface area (Å²) < 4.78 is 7.40. The number of allylic oxidation sites excluding steroid dienone is 1. The van der Waals surface area contributed by atoms with E-state index >= 15 is 0 Å². The minimum atomic E-state index is -0.450. The molecule has 1 aromatic carbocycles. The zero-order chi connectivity index (χ0) is 18.7. The summed E-state index contributed by atoms with van der Waals surface area (Å²) in [6, 6.07) is 9.58. The average Bonchev–Trinajstić information content (AvgIpc) is 3.26. The number of carbonyl (C=O) groups is 1. The number of rotatable bonds is 6. The number of furan rings is 1. The summed E-state index contributed by atoms with van der Waals surface area (Å²) in [5.41, 5.74) is 1.99. The highest BCUT2D eigenvalue weighted by molar-refractivity contribution is 6.07. The predicted molar refractivity (Wildman–Crippen MR) is 96.8 cm³/mol. The van der Waals surface area contributed by atoms with Gasteiger partial charge in [-0.1, -0.05) is 0 Å². The Labute approximate surface area is 149 Å². The molecule has 0 aliphatic carbocycles. The minimum absolute atomic E-state index is 0.0222. The lowest BCUT2D eigenvalue weighted by Crippen LogP contribution is -1.94. The number of nitrogens with zero attached hydrogens (tertiary/aromatic N) is 3. The predicted octanol–water partition coefficient (Wildman–Crippen LogP) is 4.28. The minimum Gasteiger partial charge on any atom is -0.457 e. The normalized spacial score (nSPS) is 11.2. The van der Waals surface area contributed by atoms with Crippen molar-refractivity contribution >= 4 is 17.5 Å². The van der Waals surface area contributed by atoms with Gasteiger partial charge < -0.3 is 4.42 Å². The van der Waals surface area contributed by atoms with Gasteiger partial charge >= 0.3 is 0 Å². The molecule has 0 amide bonds. The number of aromatic nitrogens is 2. The van der Waals surface area contributed by atoms with E-state index in [1.807, 2.05) is 6.92 Å². The number of hydrogen-bond acceptors (Lipinski definition) is 5. The lowest BCUT2D eigenvalue weighted by molar-refractivity contribution is -0.384. The number of nitro groups is 1. The Balaban J connectivity index is 1.75. The maximum atomic E-state index is 12.3. The molecule has 3 rings (SSSR count). The first-order valence-corrected chi connectivity index (χ1v) is 8.09. The van der Waals surface area contributed by atoms with Crippen molar-refractivity contribution in [2.45, 2.75) is 20.4 Å². The van der Waals surface area contributed by atoms with Gasteiger partial charge in [-0.05, 0) is 50.3 Å². The summed E-state index contributed by atoms with van der Waals surface area (Å²) in [5, 5.41) is 15.0. The molecular weight excluding hydrogens is 334 g/mol. The highest BCUT2D eigenvalue weighted by atomic mass is 16.6. The van der Waals surface area contributed by atoms with Gasteiger partial charge in [0.05, 0.1) is 16.2 Å². The van der Waals surface area contributed by atoms with Crippen molar-refractivity contribution in [3.8, 4) is 11.3 Å². The van der Waals surface area contributed by atoms with E-state index in [0.29, 0.717) is 29.3 Å². The Hall–Kier alpha value is -3.48. The van der Waals surface area contributed by atoms with E-state index < -0.39 is 4.92 Å². The number of hydrogen-bond donors (Lipinski definition) is 0. The van der Waals surface area contributed by atoms with Crippen LogP contribution in [0.2, 0.25) is 0 Å². The van der Waals surface area contributed by atoms with Gasteiger partial charge in [0.15, 0.2) is 5.78 Å². The Morgan fingerprint density at radius 1 is 1.27 bits per heavy atom. The molecule has 0 aliphatic rings. The number of aryl methyl sites for hydroxylation is 2. The van der Waals surface area contributed by atoms with Crippen molar-refractivity contribution in [1.82, 2.24) is 9.78 Å². The molecular formula is C19H17N3O4. The molecule has 3 aromatic rings. The van der Waals surface area contributed by atoms with Crippen LogP contribution >= 0.6 is 0 Å². The van der Waals surface area contributed by atoms with Crippen LogP contribution < -0.4 is 0 Å². The molecule has 2 aromatic heterocycles. The number of nitro benzene ring substituents is 1. The molecule has 7 heteroatoms. The quantitative estimate of drug-likeness (QED) is 0.286. The van der Waals surface area contributed by atoms with Gasteiger partial charge in [-0.25, -0.2) is 0 Å². The SMILES string of the molecule is CCn1cc(C(=O)/C=C/c2ccc(-c3ccc([N+](=O)[O-])cc3)o2)c(C)n1. The Bertz CT molecular complexity index is 981. The third-order valence-electron chi connectivity index (χ3n) is 3.92. The van der Waals surface area contributed by atoms with E-state index in [0.717, 1.165) is 5.56 Å². The van der Waals surface area contributed by atoms with Gasteiger partial charge in [-0.15, -0.1) is 0 Å². The summed E-state index contributed by atoms with van der Waals surface area (Å²) in [7, 11) is 0. The number of ketones is 1. The third-order valence-corrected chi connectivity index (χ3v) is 3.92. The van der Waals surface area contributed by atoms with Crippen LogP contribution in [0.5, 0.6) is 0 Å². The molecule has 0 bridgehead atoms. The van der Waals surface area contributed by atoms with Crippen LogP contribution in [-0.2, 0) is 6.54 Å². The van der Waals surface area contributed by atoms with Crippen molar-refractivity contribution in [3.63, 3.8) is 0 Å². The lowest BCUT2D eigenvalue weighted by Gasteiger charge is -1.96. The maximum absolute atomic E-state index is 12.3. The molecule has 2 heterocycles. The van der Waals surface area contributed by atoms with Crippen molar-refractivity contribution in [1.29, 1.82) is 0 Å². The smallest absolute Gasteiger partial charge is 0.269 e. The molecule has 0 unspecified atom stereocenters. The van der Waals surface area contributed by atoms with Crippen molar-refractivity contribution < 1.29 is 14.1 Å². The second-order valence-electron chi connectivity index (χ2n) is 5.69. The van der Waals surface area contributed by atoms with E-state index in [1.165, 1.54) is 18.2 Å². The molecule has 0 aliphatic heterocycles. The molecule has 0 atom stereocenters. The van der Waals surface area contributed by atoms with E-state index in [9.17, 15) is 14.9 Å². The highest BCUT2D eigenvalue weighted by Crippen LogP contribution is 2.25. The fourth-order valence-electron chi connectivity index (χ4n) is 2.51. The fraction of sp³-hybridized carbons (Fsp3) is 0.158. The van der Waals surface area contributed by atoms with Crippen LogP contribution in [-0.4, -0.2) is 20.5 Å². The maximum Gasteiger partial charge on any atom is 0.269 e. The van der Waals surface area contributed by atoms with Gasteiger partial charge in [0.25, 0.3) is 5.69 Å². The molecule has 26 heavy (non-hydrogen) atoms. The summed E-state index contributed by atoms with van der Waals surface area (Å²) in [4.78, 5) is 22.5. The second kappa shape index (κ2) is 7.18. The molecule has 0 radical (unpaired) electrons. The van der Waals surface area contributed by atoms with Gasteiger partial charge in [-0.2, -0.15) is 5.10 Å². The van der Waals surface area contributed by atoms with E-state index in [-0.39, 0.29) is 11.5 Å². The molecule has 7 nitrogen and oxygen atoms in total. The fourth-order valence-corrected chi connectivity index (χ4v) is 2.51. The third kappa shape index (κ3) is 3.61. The highest BCUT2D eigenvalue weighted by Gasteiger charge is 2.11. The number of non-ortho nitro benzene ring substituents is 1. The topological polar surface area (TPSA) is 91.2 Å². The van der Waals surface area contributed by atoms with Crippen molar-refractivity contribution in [3.05, 3.63) is 75.8 Å². The Morgan fingerprint density at radius 3 is 2.62 bits per heavy atom. The van der Waals surface area contributed by atoms with Crippen LogP contribution in [0, 0.1) is 17.0 Å². The molecule has 0 saturated heterocycles. The molecule has 0 N–H and O–H groups in total. The second-order valence-corrected chi connectivity index (χ2v) is 5.69. The van der Waals surface area contributed by atoms with Crippen LogP contribution in [0.3, 0.4) is 0 Å². The largest absolute Gasteiger partial charge is 0.457 e. The van der Waals surface area contributed by atoms with Gasteiger partial charge in [0.1, 0.15) is 11.5 Å². The van der Waals surface area contributed by atoms with E-state index in [2.05, 4.69) is 5.10 Å². The number of carbonyl (C=O) groups excluding carboxylic acids is 1. The molecule has 0 saturated carbocycles. The van der Waals surface area contributed by atoms with Gasteiger partial charge in [0.2, 0.25) is 0 Å². The van der Waals surface area contributed by atoms with Crippen LogP contribution in [0.1, 0.15) is 28.7 Å². The van der Waals surface area contributed by atoms with E-state index in [4.69, 9.17) is 4.42 Å². The zero-order valence-corrected chi connectivity index (χ0v) is 14.4. The molecule has 0 spiro atoms. The van der Waals surface area contributed by atoms with Gasteiger partial charge in [0, 0.05) is 30.4 Å².